The van der Waals surface area contributed by atoms with E-state index in [1.54, 1.807) is 0 Å². The maximum Gasteiger partial charge on any atom is 0.105 e. The van der Waals surface area contributed by atoms with Gasteiger partial charge in [-0.2, -0.15) is 13.1 Å². The summed E-state index contributed by atoms with van der Waals surface area (Å²) in [5.41, 5.74) is 4.02. The minimum Gasteiger partial charge on any atom is -0.191 e. The van der Waals surface area contributed by atoms with Crippen molar-refractivity contribution >= 4 is 44.4 Å². The first-order chi connectivity index (χ1) is 8.92. The highest BCUT2D eigenvalue weighted by Crippen LogP contribution is 2.31. The van der Waals surface area contributed by atoms with Crippen molar-refractivity contribution in [1.82, 2.24) is 13.1 Å². The lowest BCUT2D eigenvalue weighted by atomic mass is 10.1. The maximum atomic E-state index is 4.55. The Kier molecular flexibility index (Phi) is 2.15. The fourth-order valence-corrected chi connectivity index (χ4v) is 3.34. The Morgan fingerprint density at radius 2 is 1.72 bits per heavy atom. The predicted octanol–water partition coefficient (Wildman–Crippen LogP) is 3.97. The zero-order valence-electron chi connectivity index (χ0n) is 9.20. The lowest BCUT2D eigenvalue weighted by Gasteiger charge is -1.97. The van der Waals surface area contributed by atoms with Crippen molar-refractivity contribution in [3.63, 3.8) is 0 Å². The summed E-state index contributed by atoms with van der Waals surface area (Å²) < 4.78 is 14.3. The fourth-order valence-electron chi connectivity index (χ4n) is 2.02. The van der Waals surface area contributed by atoms with E-state index >= 15 is 0 Å². The van der Waals surface area contributed by atoms with Crippen molar-refractivity contribution in [1.29, 1.82) is 0 Å². The Balaban J connectivity index is 2.00. The Morgan fingerprint density at radius 1 is 0.833 bits per heavy atom. The quantitative estimate of drug-likeness (QED) is 0.525. The molecule has 2 heterocycles. The second-order valence-electron chi connectivity index (χ2n) is 4.00. The largest absolute Gasteiger partial charge is 0.191 e. The molecule has 2 aromatic carbocycles. The number of benzene rings is 2. The average Bonchev–Trinajstić information content (AvgIpc) is 3.04. The Labute approximate surface area is 111 Å². The second-order valence-corrected chi connectivity index (χ2v) is 5.33. The van der Waals surface area contributed by atoms with Gasteiger partial charge in [0.05, 0.1) is 22.1 Å². The van der Waals surface area contributed by atoms with E-state index in [0.29, 0.717) is 0 Å². The van der Waals surface area contributed by atoms with Gasteiger partial charge in [-0.25, -0.2) is 0 Å². The van der Waals surface area contributed by atoms with E-state index in [2.05, 4.69) is 37.4 Å². The molecule has 3 nitrogen and oxygen atoms in total. The van der Waals surface area contributed by atoms with Gasteiger partial charge in [0.15, 0.2) is 0 Å². The molecule has 4 aromatic rings. The van der Waals surface area contributed by atoms with E-state index in [9.17, 15) is 0 Å². The molecule has 0 unspecified atom stereocenters. The topological polar surface area (TPSA) is 38.7 Å². The number of hydrogen-bond acceptors (Lipinski definition) is 5. The van der Waals surface area contributed by atoms with Crippen molar-refractivity contribution in [2.75, 3.05) is 0 Å². The van der Waals surface area contributed by atoms with Gasteiger partial charge in [0.25, 0.3) is 0 Å². The summed E-state index contributed by atoms with van der Waals surface area (Å²) in [5.74, 6) is 0. The lowest BCUT2D eigenvalue weighted by molar-refractivity contribution is 1.54. The highest BCUT2D eigenvalue weighted by Gasteiger charge is 2.09. The summed E-state index contributed by atoms with van der Waals surface area (Å²) in [6.45, 7) is 0. The average molecular weight is 269 g/mol. The van der Waals surface area contributed by atoms with E-state index in [1.807, 2.05) is 18.2 Å². The molecule has 0 aliphatic rings. The van der Waals surface area contributed by atoms with Crippen LogP contribution < -0.4 is 0 Å². The van der Waals surface area contributed by atoms with Crippen molar-refractivity contribution in [3.05, 3.63) is 42.5 Å². The fraction of sp³-hybridized carbons (Fsp3) is 0. The van der Waals surface area contributed by atoms with Crippen molar-refractivity contribution in [3.8, 4) is 11.3 Å². The smallest absolute Gasteiger partial charge is 0.105 e. The first kappa shape index (κ1) is 10.1. The molecule has 18 heavy (non-hydrogen) atoms. The Hall–Kier alpha value is -1.85. The van der Waals surface area contributed by atoms with Crippen LogP contribution in [0.25, 0.3) is 32.4 Å². The molecular formula is C13H7N3S2. The summed E-state index contributed by atoms with van der Waals surface area (Å²) in [5, 5.41) is 1.20. The van der Waals surface area contributed by atoms with Gasteiger partial charge < -0.3 is 0 Å². The van der Waals surface area contributed by atoms with Gasteiger partial charge in [-0.3, -0.25) is 0 Å². The number of nitrogens with zero attached hydrogens (tertiary/aromatic N) is 3. The van der Waals surface area contributed by atoms with Crippen molar-refractivity contribution < 1.29 is 0 Å². The van der Waals surface area contributed by atoms with Gasteiger partial charge in [-0.1, -0.05) is 24.3 Å². The summed E-state index contributed by atoms with van der Waals surface area (Å²) in [4.78, 5) is 0. The van der Waals surface area contributed by atoms with Crippen molar-refractivity contribution in [2.24, 2.45) is 0 Å². The highest BCUT2D eigenvalue weighted by molar-refractivity contribution is 7.13. The summed E-state index contributed by atoms with van der Waals surface area (Å²) in [7, 11) is 0. The van der Waals surface area contributed by atoms with Crippen LogP contribution in [0.2, 0.25) is 0 Å². The second kappa shape index (κ2) is 3.83. The molecule has 0 saturated carbocycles. The van der Waals surface area contributed by atoms with Crippen LogP contribution >= 0.6 is 23.3 Å². The van der Waals surface area contributed by atoms with E-state index in [-0.39, 0.29) is 0 Å². The SMILES string of the molecule is c1ccc2c(-c3ccc4nsnc4c3)nsc2c1. The van der Waals surface area contributed by atoms with E-state index in [4.69, 9.17) is 0 Å². The normalized spacial score (nSPS) is 11.3. The lowest BCUT2D eigenvalue weighted by Crippen LogP contribution is -1.78. The van der Waals surface area contributed by atoms with Gasteiger partial charge in [-0.15, -0.1) is 0 Å². The summed E-state index contributed by atoms with van der Waals surface area (Å²) in [6.07, 6.45) is 0. The monoisotopic (exact) mass is 269 g/mol. The number of rotatable bonds is 1. The van der Waals surface area contributed by atoms with Crippen LogP contribution in [0.3, 0.4) is 0 Å². The van der Waals surface area contributed by atoms with E-state index in [1.165, 1.54) is 33.3 Å². The zero-order valence-corrected chi connectivity index (χ0v) is 10.8. The molecule has 0 radical (unpaired) electrons. The number of fused-ring (bicyclic) bond motifs is 2. The van der Waals surface area contributed by atoms with Crippen LogP contribution in [0.5, 0.6) is 0 Å². The van der Waals surface area contributed by atoms with Crippen LogP contribution in [-0.4, -0.2) is 13.1 Å². The predicted molar refractivity (Wildman–Crippen MR) is 76.0 cm³/mol. The summed E-state index contributed by atoms with van der Waals surface area (Å²) in [6, 6.07) is 14.4. The number of hydrogen-bond donors (Lipinski definition) is 0. The molecule has 86 valence electrons. The molecule has 0 amide bonds. The minimum atomic E-state index is 0.939. The third-order valence-electron chi connectivity index (χ3n) is 2.90. The van der Waals surface area contributed by atoms with Gasteiger partial charge in [0.2, 0.25) is 0 Å². The third-order valence-corrected chi connectivity index (χ3v) is 4.29. The molecule has 0 aliphatic heterocycles. The maximum absolute atomic E-state index is 4.55. The molecule has 0 atom stereocenters. The first-order valence-corrected chi connectivity index (χ1v) is 6.99. The molecule has 0 bridgehead atoms. The summed E-state index contributed by atoms with van der Waals surface area (Å²) >= 11 is 2.78. The Morgan fingerprint density at radius 3 is 2.72 bits per heavy atom. The molecule has 0 fully saturated rings. The molecule has 5 heteroatoms. The van der Waals surface area contributed by atoms with Crippen LogP contribution in [0.15, 0.2) is 42.5 Å². The molecule has 0 aliphatic carbocycles. The van der Waals surface area contributed by atoms with Crippen LogP contribution in [0.1, 0.15) is 0 Å². The molecule has 0 spiro atoms. The molecular weight excluding hydrogens is 262 g/mol. The molecule has 0 N–H and O–H groups in total. The van der Waals surface area contributed by atoms with Gasteiger partial charge in [0, 0.05) is 10.9 Å². The highest BCUT2D eigenvalue weighted by atomic mass is 32.1. The van der Waals surface area contributed by atoms with Crippen LogP contribution in [-0.2, 0) is 0 Å². The first-order valence-electron chi connectivity index (χ1n) is 5.49. The van der Waals surface area contributed by atoms with E-state index < -0.39 is 0 Å². The Bertz CT molecular complexity index is 847. The molecule has 0 saturated heterocycles. The van der Waals surface area contributed by atoms with Gasteiger partial charge >= 0.3 is 0 Å². The van der Waals surface area contributed by atoms with Crippen LogP contribution in [0.4, 0.5) is 0 Å². The van der Waals surface area contributed by atoms with Gasteiger partial charge in [-0.05, 0) is 29.7 Å². The van der Waals surface area contributed by atoms with E-state index in [0.717, 1.165) is 22.3 Å². The minimum absolute atomic E-state index is 0.939. The van der Waals surface area contributed by atoms with Crippen molar-refractivity contribution in [2.45, 2.75) is 0 Å². The third kappa shape index (κ3) is 1.45. The standard InChI is InChI=1S/C13H7N3S2/c1-2-4-12-9(3-1)13(16-17-12)8-5-6-10-11(7-8)15-18-14-10/h1-7H. The zero-order chi connectivity index (χ0) is 11.9. The van der Waals surface area contributed by atoms with Crippen LogP contribution in [0, 0.1) is 0 Å². The molecule has 4 rings (SSSR count). The molecule has 2 aromatic heterocycles. The number of aromatic nitrogens is 3. The van der Waals surface area contributed by atoms with Gasteiger partial charge in [0.1, 0.15) is 11.0 Å².